The predicted molar refractivity (Wildman–Crippen MR) is 86.4 cm³/mol. The standard InChI is InChI=1S/C18H14N4/c1-12-20-16-11-15(13-7-3-2-4-8-13)22-18(16)17(21-12)14-9-5-6-10-19-14/h2-11H,1H3,(H,20,21). The van der Waals surface area contributed by atoms with Gasteiger partial charge < -0.3 is 4.98 Å². The van der Waals surface area contributed by atoms with Crippen molar-refractivity contribution in [3.63, 3.8) is 0 Å². The summed E-state index contributed by atoms with van der Waals surface area (Å²) in [5.74, 6) is 0.847. The molecule has 2 aromatic rings. The Labute approximate surface area is 128 Å². The van der Waals surface area contributed by atoms with Gasteiger partial charge in [0.2, 0.25) is 0 Å². The Bertz CT molecular complexity index is 882. The lowest BCUT2D eigenvalue weighted by atomic mass is 10.1. The van der Waals surface area contributed by atoms with Crippen LogP contribution in [-0.2, 0) is 0 Å². The van der Waals surface area contributed by atoms with Gasteiger partial charge in [-0.1, -0.05) is 36.4 Å². The average molecular weight is 286 g/mol. The van der Waals surface area contributed by atoms with Crippen molar-refractivity contribution in [3.05, 3.63) is 66.6 Å². The highest BCUT2D eigenvalue weighted by molar-refractivity contribution is 5.80. The van der Waals surface area contributed by atoms with Gasteiger partial charge in [-0.05, 0) is 25.1 Å². The van der Waals surface area contributed by atoms with Crippen LogP contribution >= 0.6 is 0 Å². The van der Waals surface area contributed by atoms with E-state index in [-0.39, 0.29) is 0 Å². The van der Waals surface area contributed by atoms with E-state index in [0.29, 0.717) is 0 Å². The molecular formula is C18H14N4. The summed E-state index contributed by atoms with van der Waals surface area (Å²) in [7, 11) is 0. The number of aromatic nitrogens is 4. The van der Waals surface area contributed by atoms with Crippen molar-refractivity contribution in [2.75, 3.05) is 0 Å². The SMILES string of the molecule is Cc1nc(-c2ccccn2)c2nc(-c3ccccc3)cc-2[nH]1. The predicted octanol–water partition coefficient (Wildman–Crippen LogP) is 3.95. The molecule has 0 amide bonds. The molecule has 4 nitrogen and oxygen atoms in total. The summed E-state index contributed by atoms with van der Waals surface area (Å²) in [6, 6.07) is 18.0. The lowest BCUT2D eigenvalue weighted by molar-refractivity contribution is 1.05. The van der Waals surface area contributed by atoms with Crippen LogP contribution in [0.15, 0.2) is 60.8 Å². The fourth-order valence-electron chi connectivity index (χ4n) is 2.58. The van der Waals surface area contributed by atoms with E-state index in [4.69, 9.17) is 4.98 Å². The quantitative estimate of drug-likeness (QED) is 0.607. The second-order valence-corrected chi connectivity index (χ2v) is 5.16. The highest BCUT2D eigenvalue weighted by Gasteiger charge is 2.18. The van der Waals surface area contributed by atoms with Crippen LogP contribution in [0, 0.1) is 6.92 Å². The minimum absolute atomic E-state index is 0.814. The van der Waals surface area contributed by atoms with Crippen LogP contribution < -0.4 is 0 Å². The molecule has 106 valence electrons. The second kappa shape index (κ2) is 5.07. The summed E-state index contributed by atoms with van der Waals surface area (Å²) < 4.78 is 0. The van der Waals surface area contributed by atoms with Crippen LogP contribution in [0.4, 0.5) is 0 Å². The summed E-state index contributed by atoms with van der Waals surface area (Å²) in [6.45, 7) is 1.95. The van der Waals surface area contributed by atoms with Crippen molar-refractivity contribution < 1.29 is 0 Å². The van der Waals surface area contributed by atoms with Crippen LogP contribution in [0.3, 0.4) is 0 Å². The molecule has 2 aliphatic rings. The van der Waals surface area contributed by atoms with Crippen LogP contribution in [-0.4, -0.2) is 19.9 Å². The number of pyridine rings is 1. The van der Waals surface area contributed by atoms with Gasteiger partial charge in [-0.25, -0.2) is 9.97 Å². The molecule has 1 aromatic carbocycles. The number of hydrogen-bond acceptors (Lipinski definition) is 3. The molecule has 0 fully saturated rings. The summed E-state index contributed by atoms with van der Waals surface area (Å²) in [6.07, 6.45) is 1.77. The first-order valence-corrected chi connectivity index (χ1v) is 7.15. The number of fused-ring (bicyclic) bond motifs is 1. The average Bonchev–Trinajstić information content (AvgIpc) is 2.99. The zero-order valence-electron chi connectivity index (χ0n) is 12.1. The molecule has 0 saturated carbocycles. The Morgan fingerprint density at radius 3 is 2.41 bits per heavy atom. The van der Waals surface area contributed by atoms with Gasteiger partial charge in [-0.2, -0.15) is 0 Å². The fraction of sp³-hybridized carbons (Fsp3) is 0.0556. The van der Waals surface area contributed by atoms with E-state index in [0.717, 1.165) is 39.9 Å². The maximum absolute atomic E-state index is 4.77. The second-order valence-electron chi connectivity index (χ2n) is 5.16. The molecule has 2 aliphatic heterocycles. The van der Waals surface area contributed by atoms with E-state index in [1.54, 1.807) is 6.20 Å². The van der Waals surface area contributed by atoms with Crippen molar-refractivity contribution in [2.45, 2.75) is 6.92 Å². The molecule has 1 aromatic heterocycles. The Morgan fingerprint density at radius 1 is 0.818 bits per heavy atom. The first-order chi connectivity index (χ1) is 10.8. The minimum Gasteiger partial charge on any atom is -0.342 e. The lowest BCUT2D eigenvalue weighted by Gasteiger charge is -2.07. The third-order valence-electron chi connectivity index (χ3n) is 3.56. The monoisotopic (exact) mass is 286 g/mol. The maximum atomic E-state index is 4.77. The molecule has 4 heteroatoms. The normalized spacial score (nSPS) is 11.0. The van der Waals surface area contributed by atoms with Crippen LogP contribution in [0.5, 0.6) is 0 Å². The lowest BCUT2D eigenvalue weighted by Crippen LogP contribution is -1.98. The van der Waals surface area contributed by atoms with E-state index in [2.05, 4.69) is 33.2 Å². The Kier molecular flexibility index (Phi) is 2.93. The Morgan fingerprint density at radius 2 is 1.64 bits per heavy atom. The van der Waals surface area contributed by atoms with E-state index >= 15 is 0 Å². The molecule has 0 saturated heterocycles. The third-order valence-corrected chi connectivity index (χ3v) is 3.56. The first kappa shape index (κ1) is 12.7. The van der Waals surface area contributed by atoms with Crippen molar-refractivity contribution in [1.82, 2.24) is 19.9 Å². The molecule has 0 radical (unpaired) electrons. The molecule has 22 heavy (non-hydrogen) atoms. The van der Waals surface area contributed by atoms with E-state index in [1.165, 1.54) is 0 Å². The number of nitrogens with one attached hydrogen (secondary N) is 1. The molecule has 3 heterocycles. The summed E-state index contributed by atoms with van der Waals surface area (Å²) in [4.78, 5) is 17.1. The van der Waals surface area contributed by atoms with Gasteiger partial charge in [-0.15, -0.1) is 0 Å². The van der Waals surface area contributed by atoms with Crippen molar-refractivity contribution in [3.8, 4) is 34.0 Å². The molecule has 4 rings (SSSR count). The molecule has 0 bridgehead atoms. The van der Waals surface area contributed by atoms with Crippen molar-refractivity contribution in [1.29, 1.82) is 0 Å². The molecule has 0 atom stereocenters. The van der Waals surface area contributed by atoms with Crippen molar-refractivity contribution in [2.24, 2.45) is 0 Å². The number of rotatable bonds is 2. The summed E-state index contributed by atoms with van der Waals surface area (Å²) in [5, 5.41) is 0. The zero-order valence-corrected chi connectivity index (χ0v) is 12.1. The summed E-state index contributed by atoms with van der Waals surface area (Å²) >= 11 is 0. The molecular weight excluding hydrogens is 272 g/mol. The largest absolute Gasteiger partial charge is 0.342 e. The molecule has 0 spiro atoms. The number of aryl methyl sites for hydroxylation is 1. The van der Waals surface area contributed by atoms with E-state index in [9.17, 15) is 0 Å². The van der Waals surface area contributed by atoms with Crippen LogP contribution in [0.25, 0.3) is 34.0 Å². The first-order valence-electron chi connectivity index (χ1n) is 7.15. The molecule has 0 unspecified atom stereocenters. The highest BCUT2D eigenvalue weighted by Crippen LogP contribution is 2.33. The van der Waals surface area contributed by atoms with Crippen LogP contribution in [0.2, 0.25) is 0 Å². The van der Waals surface area contributed by atoms with Crippen LogP contribution in [0.1, 0.15) is 5.82 Å². The topological polar surface area (TPSA) is 54.5 Å². The van der Waals surface area contributed by atoms with E-state index in [1.807, 2.05) is 43.3 Å². The molecule has 1 N–H and O–H groups in total. The van der Waals surface area contributed by atoms with Gasteiger partial charge in [0.05, 0.1) is 17.1 Å². The van der Waals surface area contributed by atoms with Gasteiger partial charge in [0, 0.05) is 11.8 Å². The Balaban J connectivity index is 1.94. The number of H-pyrrole nitrogens is 1. The van der Waals surface area contributed by atoms with Gasteiger partial charge in [0.15, 0.2) is 0 Å². The number of hydrogen-bond donors (Lipinski definition) is 1. The fourth-order valence-corrected chi connectivity index (χ4v) is 2.58. The van der Waals surface area contributed by atoms with Crippen molar-refractivity contribution >= 4 is 0 Å². The van der Waals surface area contributed by atoms with E-state index < -0.39 is 0 Å². The number of aromatic amines is 1. The van der Waals surface area contributed by atoms with Gasteiger partial charge in [-0.3, -0.25) is 4.98 Å². The summed E-state index contributed by atoms with van der Waals surface area (Å²) in [5.41, 5.74) is 5.51. The zero-order chi connectivity index (χ0) is 14.9. The van der Waals surface area contributed by atoms with Gasteiger partial charge in [0.25, 0.3) is 0 Å². The molecule has 0 aliphatic carbocycles. The minimum atomic E-state index is 0.814. The highest BCUT2D eigenvalue weighted by atomic mass is 15.0. The maximum Gasteiger partial charge on any atom is 0.118 e. The third kappa shape index (κ3) is 2.15. The smallest absolute Gasteiger partial charge is 0.118 e. The van der Waals surface area contributed by atoms with Gasteiger partial charge >= 0.3 is 0 Å². The number of benzene rings is 1. The Hall–Kier alpha value is -3.01. The van der Waals surface area contributed by atoms with Gasteiger partial charge in [0.1, 0.15) is 17.2 Å². The number of nitrogens with zero attached hydrogens (tertiary/aromatic N) is 3.